The number of carbonyl (C=O) groups excluding carboxylic acids is 2. The van der Waals surface area contributed by atoms with Crippen molar-refractivity contribution in [3.8, 4) is 5.69 Å². The van der Waals surface area contributed by atoms with Gasteiger partial charge in [0.05, 0.1) is 18.6 Å². The monoisotopic (exact) mass is 317 g/mol. The molecule has 3 rings (SSSR count). The molecule has 2 aromatic heterocycles. The van der Waals surface area contributed by atoms with E-state index < -0.39 is 6.04 Å². The number of hydrogen-bond donors (Lipinski definition) is 1. The fourth-order valence-corrected chi connectivity index (χ4v) is 2.77. The number of likely N-dealkylation sites (tertiary alicyclic amines) is 1. The van der Waals surface area contributed by atoms with Crippen LogP contribution in [0.1, 0.15) is 26.7 Å². The number of nitrogens with one attached hydrogen (secondary N) is 1. The lowest BCUT2D eigenvalue weighted by atomic mass is 10.2. The molecule has 1 fully saturated rings. The van der Waals surface area contributed by atoms with Crippen molar-refractivity contribution in [2.24, 2.45) is 7.05 Å². The van der Waals surface area contributed by atoms with Gasteiger partial charge in [-0.05, 0) is 20.3 Å². The van der Waals surface area contributed by atoms with Crippen molar-refractivity contribution < 1.29 is 9.59 Å². The largest absolute Gasteiger partial charge is 0.328 e. The van der Waals surface area contributed by atoms with Crippen LogP contribution < -0.4 is 5.32 Å². The summed E-state index contributed by atoms with van der Waals surface area (Å²) < 4.78 is 1.64. The van der Waals surface area contributed by atoms with E-state index in [0.717, 1.165) is 0 Å². The van der Waals surface area contributed by atoms with Gasteiger partial charge in [0.15, 0.2) is 5.82 Å². The molecule has 0 radical (unpaired) electrons. The molecular formula is C14H19N7O2. The Labute approximate surface area is 133 Å². The van der Waals surface area contributed by atoms with Crippen molar-refractivity contribution in [3.05, 3.63) is 18.6 Å². The summed E-state index contributed by atoms with van der Waals surface area (Å²) in [6.07, 6.45) is 5.79. The van der Waals surface area contributed by atoms with Crippen molar-refractivity contribution in [1.29, 1.82) is 0 Å². The molecule has 3 heterocycles. The van der Waals surface area contributed by atoms with Crippen LogP contribution in [-0.4, -0.2) is 53.6 Å². The highest BCUT2D eigenvalue weighted by molar-refractivity contribution is 5.98. The Hall–Kier alpha value is -2.71. The van der Waals surface area contributed by atoms with E-state index in [1.807, 2.05) is 13.8 Å². The Morgan fingerprint density at radius 1 is 1.35 bits per heavy atom. The summed E-state index contributed by atoms with van der Waals surface area (Å²) in [5.41, 5.74) is 0.702. The van der Waals surface area contributed by atoms with Crippen molar-refractivity contribution in [2.75, 3.05) is 5.32 Å². The molecular weight excluding hydrogens is 298 g/mol. The maximum atomic E-state index is 12.4. The molecule has 23 heavy (non-hydrogen) atoms. The van der Waals surface area contributed by atoms with Gasteiger partial charge in [0.25, 0.3) is 0 Å². The summed E-state index contributed by atoms with van der Waals surface area (Å²) in [5.74, 6) is 0.129. The highest BCUT2D eigenvalue weighted by atomic mass is 16.2. The maximum absolute atomic E-state index is 12.4. The molecule has 9 heteroatoms. The minimum Gasteiger partial charge on any atom is -0.328 e. The minimum absolute atomic E-state index is 0.00757. The van der Waals surface area contributed by atoms with Crippen LogP contribution in [-0.2, 0) is 16.6 Å². The first-order valence-corrected chi connectivity index (χ1v) is 7.49. The van der Waals surface area contributed by atoms with Crippen LogP contribution in [0.25, 0.3) is 5.69 Å². The van der Waals surface area contributed by atoms with E-state index >= 15 is 0 Å². The third-order valence-corrected chi connectivity index (χ3v) is 3.78. The summed E-state index contributed by atoms with van der Waals surface area (Å²) in [4.78, 5) is 27.3. The summed E-state index contributed by atoms with van der Waals surface area (Å²) in [7, 11) is 1.80. The van der Waals surface area contributed by atoms with Crippen molar-refractivity contribution in [1.82, 2.24) is 29.7 Å². The van der Waals surface area contributed by atoms with Gasteiger partial charge in [-0.25, -0.2) is 0 Å². The zero-order valence-electron chi connectivity index (χ0n) is 13.3. The number of amides is 2. The Bertz CT molecular complexity index is 733. The number of aromatic nitrogens is 5. The van der Waals surface area contributed by atoms with Crippen molar-refractivity contribution in [2.45, 2.75) is 38.8 Å². The van der Waals surface area contributed by atoms with Crippen molar-refractivity contribution >= 4 is 17.6 Å². The quantitative estimate of drug-likeness (QED) is 0.877. The highest BCUT2D eigenvalue weighted by Gasteiger charge is 2.37. The highest BCUT2D eigenvalue weighted by Crippen LogP contribution is 2.22. The van der Waals surface area contributed by atoms with Gasteiger partial charge in [-0.3, -0.25) is 14.3 Å². The van der Waals surface area contributed by atoms with E-state index in [2.05, 4.69) is 20.6 Å². The molecule has 0 spiro atoms. The molecule has 1 atom stereocenters. The van der Waals surface area contributed by atoms with Crippen LogP contribution >= 0.6 is 0 Å². The van der Waals surface area contributed by atoms with E-state index in [0.29, 0.717) is 24.3 Å². The van der Waals surface area contributed by atoms with Crippen LogP contribution in [0.5, 0.6) is 0 Å². The minimum atomic E-state index is -0.453. The molecule has 9 nitrogen and oxygen atoms in total. The predicted octanol–water partition coefficient (Wildman–Crippen LogP) is 0.339. The van der Waals surface area contributed by atoms with E-state index in [-0.39, 0.29) is 17.9 Å². The molecule has 122 valence electrons. The number of hydrogen-bond acceptors (Lipinski definition) is 5. The molecule has 0 saturated carbocycles. The number of nitrogens with zero attached hydrogens (tertiary/aromatic N) is 6. The second-order valence-electron chi connectivity index (χ2n) is 5.83. The van der Waals surface area contributed by atoms with E-state index in [9.17, 15) is 9.59 Å². The van der Waals surface area contributed by atoms with E-state index in [1.165, 1.54) is 11.0 Å². The van der Waals surface area contributed by atoms with Gasteiger partial charge in [-0.1, -0.05) is 0 Å². The number of anilines is 1. The lowest BCUT2D eigenvalue weighted by Crippen LogP contribution is -2.45. The van der Waals surface area contributed by atoms with E-state index in [4.69, 9.17) is 0 Å². The van der Waals surface area contributed by atoms with Crippen LogP contribution in [0.2, 0.25) is 0 Å². The Morgan fingerprint density at radius 3 is 2.78 bits per heavy atom. The molecule has 1 aliphatic heterocycles. The molecule has 2 aromatic rings. The Balaban J connectivity index is 1.71. The lowest BCUT2D eigenvalue weighted by molar-refractivity contribution is -0.135. The Morgan fingerprint density at radius 2 is 2.13 bits per heavy atom. The first kappa shape index (κ1) is 15.2. The van der Waals surface area contributed by atoms with Gasteiger partial charge in [-0.2, -0.15) is 10.2 Å². The van der Waals surface area contributed by atoms with Crippen LogP contribution in [0.3, 0.4) is 0 Å². The van der Waals surface area contributed by atoms with Crippen molar-refractivity contribution in [3.63, 3.8) is 0 Å². The van der Waals surface area contributed by atoms with Gasteiger partial charge in [0, 0.05) is 19.5 Å². The standard InChI is InChI=1S/C14H19N7O2/c1-9(2)20-11(4-5-13(20)22)14(23)17-12-7-16-21(18-12)10-6-15-19(3)8-10/h6-9,11H,4-5H2,1-3H3,(H,17,18,23)/t11-/m0/s1. The second kappa shape index (κ2) is 5.82. The summed E-state index contributed by atoms with van der Waals surface area (Å²) >= 11 is 0. The normalized spacial score (nSPS) is 18.0. The number of rotatable bonds is 4. The fourth-order valence-electron chi connectivity index (χ4n) is 2.77. The molecule has 0 bridgehead atoms. The average molecular weight is 317 g/mol. The fraction of sp³-hybridized carbons (Fsp3) is 0.500. The SMILES string of the molecule is CC(C)N1C(=O)CC[C@H]1C(=O)Nc1cnn(-c2cnn(C)c2)n1. The second-order valence-corrected chi connectivity index (χ2v) is 5.83. The zero-order chi connectivity index (χ0) is 16.6. The van der Waals surface area contributed by atoms with Crippen LogP contribution in [0.4, 0.5) is 5.82 Å². The third kappa shape index (κ3) is 2.94. The first-order valence-electron chi connectivity index (χ1n) is 7.49. The smallest absolute Gasteiger partial charge is 0.248 e. The average Bonchev–Trinajstić information content (AvgIpc) is 3.18. The zero-order valence-corrected chi connectivity index (χ0v) is 13.3. The molecule has 1 saturated heterocycles. The molecule has 2 amide bonds. The predicted molar refractivity (Wildman–Crippen MR) is 81.8 cm³/mol. The topological polar surface area (TPSA) is 97.9 Å². The summed E-state index contributed by atoms with van der Waals surface area (Å²) in [6, 6.07) is -0.460. The molecule has 1 N–H and O–H groups in total. The summed E-state index contributed by atoms with van der Waals surface area (Å²) in [5, 5.41) is 15.1. The molecule has 0 aliphatic carbocycles. The lowest BCUT2D eigenvalue weighted by Gasteiger charge is -2.27. The number of carbonyl (C=O) groups is 2. The van der Waals surface area contributed by atoms with E-state index in [1.54, 1.807) is 29.0 Å². The van der Waals surface area contributed by atoms with Crippen LogP contribution in [0, 0.1) is 0 Å². The van der Waals surface area contributed by atoms with Gasteiger partial charge in [-0.15, -0.1) is 9.90 Å². The van der Waals surface area contributed by atoms with Crippen LogP contribution in [0.15, 0.2) is 18.6 Å². The first-order chi connectivity index (χ1) is 11.0. The molecule has 0 unspecified atom stereocenters. The van der Waals surface area contributed by atoms with Gasteiger partial charge in [0.1, 0.15) is 11.7 Å². The third-order valence-electron chi connectivity index (χ3n) is 3.78. The van der Waals surface area contributed by atoms with Gasteiger partial charge >= 0.3 is 0 Å². The molecule has 0 aromatic carbocycles. The summed E-state index contributed by atoms with van der Waals surface area (Å²) in [6.45, 7) is 3.81. The number of aryl methyl sites for hydroxylation is 1. The Kier molecular flexibility index (Phi) is 3.85. The van der Waals surface area contributed by atoms with Gasteiger partial charge in [0.2, 0.25) is 11.8 Å². The molecule has 1 aliphatic rings. The van der Waals surface area contributed by atoms with Gasteiger partial charge < -0.3 is 10.2 Å². The maximum Gasteiger partial charge on any atom is 0.248 e.